The highest BCUT2D eigenvalue weighted by Gasteiger charge is 2.40. The summed E-state index contributed by atoms with van der Waals surface area (Å²) >= 11 is 0. The summed E-state index contributed by atoms with van der Waals surface area (Å²) in [5, 5.41) is 3.05. The molecule has 0 aromatic heterocycles. The maximum Gasteiger partial charge on any atom is 0.227 e. The van der Waals surface area contributed by atoms with Crippen molar-refractivity contribution >= 4 is 11.6 Å². The Morgan fingerprint density at radius 2 is 2.09 bits per heavy atom. The fourth-order valence-corrected chi connectivity index (χ4v) is 4.07. The summed E-state index contributed by atoms with van der Waals surface area (Å²) in [5.74, 6) is 1.98. The zero-order valence-corrected chi connectivity index (χ0v) is 13.5. The Labute approximate surface area is 138 Å². The van der Waals surface area contributed by atoms with Gasteiger partial charge in [0.1, 0.15) is 12.4 Å². The average Bonchev–Trinajstić information content (AvgIpc) is 2.53. The molecule has 4 nitrogen and oxygen atoms in total. The van der Waals surface area contributed by atoms with Crippen molar-refractivity contribution in [3.63, 3.8) is 0 Å². The van der Waals surface area contributed by atoms with Crippen LogP contribution in [0.25, 0.3) is 0 Å². The van der Waals surface area contributed by atoms with Crippen molar-refractivity contribution in [1.29, 1.82) is 0 Å². The number of fused-ring (bicyclic) bond motifs is 2. The predicted molar refractivity (Wildman–Crippen MR) is 92.3 cm³/mol. The highest BCUT2D eigenvalue weighted by atomic mass is 16.5. The fraction of sp³-hybridized carbons (Fsp3) is 0.526. The van der Waals surface area contributed by atoms with Crippen molar-refractivity contribution in [2.75, 3.05) is 11.9 Å². The molecule has 0 aliphatic heterocycles. The summed E-state index contributed by atoms with van der Waals surface area (Å²) in [6, 6.07) is 7.82. The predicted octanol–water partition coefficient (Wildman–Crippen LogP) is 3.34. The molecule has 2 saturated carbocycles. The van der Waals surface area contributed by atoms with Crippen LogP contribution in [0.2, 0.25) is 0 Å². The first kappa shape index (κ1) is 16.1. The van der Waals surface area contributed by atoms with E-state index in [4.69, 9.17) is 10.5 Å². The van der Waals surface area contributed by atoms with Gasteiger partial charge in [0.05, 0.1) is 0 Å². The Balaban J connectivity index is 1.62. The minimum Gasteiger partial charge on any atom is -0.489 e. The van der Waals surface area contributed by atoms with E-state index < -0.39 is 0 Å². The Hall–Kier alpha value is -1.81. The summed E-state index contributed by atoms with van der Waals surface area (Å²) in [5.41, 5.74) is 7.10. The second-order valence-electron chi connectivity index (χ2n) is 6.81. The summed E-state index contributed by atoms with van der Waals surface area (Å²) in [6.07, 6.45) is 7.17. The highest BCUT2D eigenvalue weighted by Crippen LogP contribution is 2.42. The highest BCUT2D eigenvalue weighted by molar-refractivity contribution is 5.92. The topological polar surface area (TPSA) is 64.3 Å². The molecule has 124 valence electrons. The minimum absolute atomic E-state index is 0.0860. The minimum atomic E-state index is 0.0860. The molecule has 3 rings (SSSR count). The zero-order chi connectivity index (χ0) is 16.2. The van der Waals surface area contributed by atoms with Crippen LogP contribution in [0.3, 0.4) is 0 Å². The van der Waals surface area contributed by atoms with E-state index >= 15 is 0 Å². The van der Waals surface area contributed by atoms with Gasteiger partial charge in [-0.25, -0.2) is 0 Å². The smallest absolute Gasteiger partial charge is 0.227 e. The maximum atomic E-state index is 12.6. The molecular formula is C19H26N2O2. The van der Waals surface area contributed by atoms with Gasteiger partial charge in [-0.1, -0.05) is 25.1 Å². The maximum absolute atomic E-state index is 12.6. The number of ether oxygens (including phenoxy) is 1. The lowest BCUT2D eigenvalue weighted by atomic mass is 9.65. The first-order valence-corrected chi connectivity index (χ1v) is 8.57. The lowest BCUT2D eigenvalue weighted by Crippen LogP contribution is -2.48. The molecule has 1 amide bonds. The van der Waals surface area contributed by atoms with Gasteiger partial charge in [-0.05, 0) is 49.7 Å². The van der Waals surface area contributed by atoms with Gasteiger partial charge >= 0.3 is 0 Å². The molecule has 1 aromatic rings. The van der Waals surface area contributed by atoms with E-state index in [1.165, 1.54) is 19.3 Å². The number of hydrogen-bond donors (Lipinski definition) is 2. The number of amides is 1. The van der Waals surface area contributed by atoms with Crippen LogP contribution in [0, 0.1) is 17.8 Å². The third-order valence-corrected chi connectivity index (χ3v) is 5.25. The molecule has 0 radical (unpaired) electrons. The van der Waals surface area contributed by atoms with Crippen molar-refractivity contribution in [3.8, 4) is 5.75 Å². The van der Waals surface area contributed by atoms with E-state index in [1.807, 2.05) is 24.3 Å². The second kappa shape index (κ2) is 7.18. The van der Waals surface area contributed by atoms with Gasteiger partial charge in [-0.3, -0.25) is 4.79 Å². The van der Waals surface area contributed by atoms with E-state index in [9.17, 15) is 4.79 Å². The molecule has 1 aromatic carbocycles. The standard InChI is InChI=1S/C19H26N2O2/c1-2-9-23-17-8-4-7-16(12-17)21-19(22)15-10-13-5-3-6-14(11-15)18(13)20/h2,4,7-8,12-15,18H,1,3,5-6,9-11,20H2,(H,21,22). The first-order chi connectivity index (χ1) is 11.2. The Bertz CT molecular complexity index is 558. The molecule has 2 bridgehead atoms. The molecule has 0 saturated heterocycles. The molecule has 2 aliphatic carbocycles. The number of nitrogens with two attached hydrogens (primary N) is 1. The van der Waals surface area contributed by atoms with Crippen LogP contribution in [0.4, 0.5) is 5.69 Å². The Morgan fingerprint density at radius 1 is 1.35 bits per heavy atom. The van der Waals surface area contributed by atoms with E-state index in [0.717, 1.165) is 24.3 Å². The molecule has 0 heterocycles. The first-order valence-electron chi connectivity index (χ1n) is 8.57. The molecule has 2 aliphatic rings. The van der Waals surface area contributed by atoms with Crippen LogP contribution in [0.1, 0.15) is 32.1 Å². The van der Waals surface area contributed by atoms with E-state index in [-0.39, 0.29) is 11.8 Å². The largest absolute Gasteiger partial charge is 0.489 e. The quantitative estimate of drug-likeness (QED) is 0.819. The SMILES string of the molecule is C=CCOc1cccc(NC(=O)C2CC3CCCC(C2)C3N)c1. The number of carbonyl (C=O) groups excluding carboxylic acids is 1. The van der Waals surface area contributed by atoms with Crippen LogP contribution >= 0.6 is 0 Å². The van der Waals surface area contributed by atoms with Crippen molar-refractivity contribution in [2.24, 2.45) is 23.5 Å². The summed E-state index contributed by atoms with van der Waals surface area (Å²) in [7, 11) is 0. The van der Waals surface area contributed by atoms with E-state index in [0.29, 0.717) is 24.5 Å². The zero-order valence-electron chi connectivity index (χ0n) is 13.5. The molecule has 2 fully saturated rings. The molecule has 2 atom stereocenters. The number of carbonyl (C=O) groups is 1. The Morgan fingerprint density at radius 3 is 2.78 bits per heavy atom. The third kappa shape index (κ3) is 3.75. The molecule has 23 heavy (non-hydrogen) atoms. The van der Waals surface area contributed by atoms with Crippen molar-refractivity contribution in [2.45, 2.75) is 38.1 Å². The number of rotatable bonds is 5. The van der Waals surface area contributed by atoms with Crippen molar-refractivity contribution < 1.29 is 9.53 Å². The van der Waals surface area contributed by atoms with Gasteiger partial charge in [0.2, 0.25) is 5.91 Å². The average molecular weight is 314 g/mol. The molecule has 3 N–H and O–H groups in total. The van der Waals surface area contributed by atoms with Gasteiger partial charge in [-0.15, -0.1) is 0 Å². The van der Waals surface area contributed by atoms with Gasteiger partial charge in [-0.2, -0.15) is 0 Å². The van der Waals surface area contributed by atoms with Gasteiger partial charge < -0.3 is 15.8 Å². The van der Waals surface area contributed by atoms with Crippen LogP contribution in [0.5, 0.6) is 5.75 Å². The van der Waals surface area contributed by atoms with Gasteiger partial charge in [0.15, 0.2) is 0 Å². The lowest BCUT2D eigenvalue weighted by Gasteiger charge is -2.43. The normalized spacial score (nSPS) is 29.6. The van der Waals surface area contributed by atoms with E-state index in [1.54, 1.807) is 6.08 Å². The lowest BCUT2D eigenvalue weighted by molar-refractivity contribution is -0.122. The fourth-order valence-electron chi connectivity index (χ4n) is 4.07. The molecule has 0 spiro atoms. The number of hydrogen-bond acceptors (Lipinski definition) is 3. The van der Waals surface area contributed by atoms with Crippen molar-refractivity contribution in [3.05, 3.63) is 36.9 Å². The molecule has 2 unspecified atom stereocenters. The van der Waals surface area contributed by atoms with Gasteiger partial charge in [0.25, 0.3) is 0 Å². The van der Waals surface area contributed by atoms with Crippen molar-refractivity contribution in [1.82, 2.24) is 0 Å². The monoisotopic (exact) mass is 314 g/mol. The van der Waals surface area contributed by atoms with Crippen LogP contribution in [-0.2, 0) is 4.79 Å². The van der Waals surface area contributed by atoms with Crippen LogP contribution in [0.15, 0.2) is 36.9 Å². The number of nitrogens with one attached hydrogen (secondary N) is 1. The second-order valence-corrected chi connectivity index (χ2v) is 6.81. The van der Waals surface area contributed by atoms with Gasteiger partial charge in [0, 0.05) is 23.7 Å². The van der Waals surface area contributed by atoms with Crippen LogP contribution in [-0.4, -0.2) is 18.6 Å². The summed E-state index contributed by atoms with van der Waals surface area (Å²) in [4.78, 5) is 12.6. The van der Waals surface area contributed by atoms with Crippen LogP contribution < -0.4 is 15.8 Å². The summed E-state index contributed by atoms with van der Waals surface area (Å²) < 4.78 is 5.51. The number of anilines is 1. The van der Waals surface area contributed by atoms with E-state index in [2.05, 4.69) is 11.9 Å². The number of benzene rings is 1. The third-order valence-electron chi connectivity index (χ3n) is 5.25. The molecule has 4 heteroatoms. The Kier molecular flexibility index (Phi) is 5.01. The summed E-state index contributed by atoms with van der Waals surface area (Å²) in [6.45, 7) is 4.10. The molecular weight excluding hydrogens is 288 g/mol.